The van der Waals surface area contributed by atoms with Gasteiger partial charge in [0.15, 0.2) is 5.82 Å². The van der Waals surface area contributed by atoms with Crippen LogP contribution in [0.25, 0.3) is 33.5 Å². The van der Waals surface area contributed by atoms with Crippen molar-refractivity contribution in [2.24, 2.45) is 0 Å². The molecule has 5 rings (SSSR count). The summed E-state index contributed by atoms with van der Waals surface area (Å²) in [5.41, 5.74) is 7.72. The number of hydrogen-bond donors (Lipinski definition) is 2. The number of methoxy groups -OCH3 is 1. The summed E-state index contributed by atoms with van der Waals surface area (Å²) in [5, 5.41) is 9.51. The van der Waals surface area contributed by atoms with Gasteiger partial charge in [-0.3, -0.25) is 9.67 Å². The van der Waals surface area contributed by atoms with Crippen molar-refractivity contribution in [2.75, 3.05) is 7.11 Å². The van der Waals surface area contributed by atoms with E-state index in [-0.39, 0.29) is 0 Å². The van der Waals surface area contributed by atoms with Gasteiger partial charge < -0.3 is 15.0 Å². The quantitative estimate of drug-likeness (QED) is 0.322. The van der Waals surface area contributed by atoms with Gasteiger partial charge in [-0.05, 0) is 53.4 Å². The number of aromatic nitrogens is 5. The van der Waals surface area contributed by atoms with Crippen LogP contribution in [0.4, 0.5) is 0 Å². The van der Waals surface area contributed by atoms with Gasteiger partial charge in [0.1, 0.15) is 11.4 Å². The van der Waals surface area contributed by atoms with Crippen molar-refractivity contribution < 1.29 is 4.74 Å². The van der Waals surface area contributed by atoms with E-state index >= 15 is 0 Å². The number of aromatic amines is 1. The Hall–Kier alpha value is -3.97. The van der Waals surface area contributed by atoms with E-state index in [9.17, 15) is 0 Å². The number of nitrogens with one attached hydrogen (secondary N) is 2. The fraction of sp³-hybridized carbons (Fsp3) is 0.250. The molecule has 3 aromatic heterocycles. The first-order valence-corrected chi connectivity index (χ1v) is 11.8. The first-order chi connectivity index (χ1) is 17.0. The largest absolute Gasteiger partial charge is 0.497 e. The van der Waals surface area contributed by atoms with Crippen molar-refractivity contribution >= 4 is 10.9 Å². The summed E-state index contributed by atoms with van der Waals surface area (Å²) in [6.45, 7) is 7.92. The standard InChI is InChI=1S/C28H30N6O/c1-18(2)32-15-22-14-29-16-25(19(22)3)21-7-10-26-24(13-21)27(28-30-11-12-31-28)33-34(26)17-20-5-8-23(35-4)9-6-20/h5-14,16,18,32H,15,17H2,1-4H3,(H,30,31). The first-order valence-electron chi connectivity index (χ1n) is 11.8. The maximum atomic E-state index is 5.30. The predicted octanol–water partition coefficient (Wildman–Crippen LogP) is 5.35. The number of fused-ring (bicyclic) bond motifs is 1. The Morgan fingerprint density at radius 2 is 1.91 bits per heavy atom. The molecule has 0 saturated heterocycles. The van der Waals surface area contributed by atoms with Crippen LogP contribution in [0.3, 0.4) is 0 Å². The Bertz CT molecular complexity index is 1430. The summed E-state index contributed by atoms with van der Waals surface area (Å²) in [4.78, 5) is 12.2. The van der Waals surface area contributed by atoms with Crippen LogP contribution in [0.15, 0.2) is 67.3 Å². The number of benzene rings is 2. The molecule has 0 aliphatic heterocycles. The molecule has 0 spiro atoms. The van der Waals surface area contributed by atoms with Gasteiger partial charge in [0.25, 0.3) is 0 Å². The lowest BCUT2D eigenvalue weighted by atomic mass is 9.97. The summed E-state index contributed by atoms with van der Waals surface area (Å²) in [7, 11) is 1.68. The Morgan fingerprint density at radius 1 is 1.09 bits per heavy atom. The molecule has 0 amide bonds. The van der Waals surface area contributed by atoms with E-state index in [2.05, 4.69) is 71.4 Å². The predicted molar refractivity (Wildman–Crippen MR) is 139 cm³/mol. The Kier molecular flexibility index (Phi) is 6.33. The molecule has 7 heteroatoms. The van der Waals surface area contributed by atoms with Crippen LogP contribution >= 0.6 is 0 Å². The lowest BCUT2D eigenvalue weighted by Gasteiger charge is -2.13. The third-order valence-corrected chi connectivity index (χ3v) is 6.30. The topological polar surface area (TPSA) is 80.7 Å². The van der Waals surface area contributed by atoms with Crippen molar-refractivity contribution in [1.29, 1.82) is 0 Å². The van der Waals surface area contributed by atoms with E-state index in [1.165, 1.54) is 11.1 Å². The first kappa shape index (κ1) is 22.8. The highest BCUT2D eigenvalue weighted by Crippen LogP contribution is 2.32. The zero-order valence-electron chi connectivity index (χ0n) is 20.5. The molecule has 0 bridgehead atoms. The molecule has 0 aliphatic rings. The Morgan fingerprint density at radius 3 is 2.63 bits per heavy atom. The van der Waals surface area contributed by atoms with Gasteiger partial charge in [-0.25, -0.2) is 4.98 Å². The molecule has 3 heterocycles. The summed E-state index contributed by atoms with van der Waals surface area (Å²) in [5.74, 6) is 1.60. The highest BCUT2D eigenvalue weighted by Gasteiger charge is 2.17. The molecule has 0 unspecified atom stereocenters. The highest BCUT2D eigenvalue weighted by molar-refractivity contribution is 5.95. The minimum absolute atomic E-state index is 0.418. The monoisotopic (exact) mass is 466 g/mol. The van der Waals surface area contributed by atoms with Gasteiger partial charge in [0, 0.05) is 48.3 Å². The molecular weight excluding hydrogens is 436 g/mol. The van der Waals surface area contributed by atoms with Gasteiger partial charge in [-0.1, -0.05) is 32.0 Å². The third kappa shape index (κ3) is 4.68. The van der Waals surface area contributed by atoms with Gasteiger partial charge in [0.2, 0.25) is 0 Å². The molecule has 0 saturated carbocycles. The van der Waals surface area contributed by atoms with Gasteiger partial charge in [0.05, 0.1) is 19.2 Å². The van der Waals surface area contributed by atoms with E-state index in [1.807, 2.05) is 35.4 Å². The molecule has 7 nitrogen and oxygen atoms in total. The summed E-state index contributed by atoms with van der Waals surface area (Å²) < 4.78 is 7.33. The summed E-state index contributed by atoms with van der Waals surface area (Å²) >= 11 is 0. The van der Waals surface area contributed by atoms with Crippen LogP contribution in [-0.4, -0.2) is 37.9 Å². The second kappa shape index (κ2) is 9.72. The normalized spacial score (nSPS) is 11.5. The van der Waals surface area contributed by atoms with E-state index in [0.29, 0.717) is 12.6 Å². The fourth-order valence-corrected chi connectivity index (χ4v) is 4.29. The third-order valence-electron chi connectivity index (χ3n) is 6.30. The molecule has 2 N–H and O–H groups in total. The minimum atomic E-state index is 0.418. The Labute approximate surface area is 205 Å². The lowest BCUT2D eigenvalue weighted by molar-refractivity contribution is 0.414. The maximum Gasteiger partial charge on any atom is 0.158 e. The van der Waals surface area contributed by atoms with Crippen molar-refractivity contribution in [3.63, 3.8) is 0 Å². The molecule has 35 heavy (non-hydrogen) atoms. The van der Waals surface area contributed by atoms with Crippen molar-refractivity contribution in [1.82, 2.24) is 30.0 Å². The van der Waals surface area contributed by atoms with E-state index in [1.54, 1.807) is 13.3 Å². The number of ether oxygens (including phenoxy) is 1. The van der Waals surface area contributed by atoms with Crippen LogP contribution in [0, 0.1) is 6.92 Å². The van der Waals surface area contributed by atoms with Crippen LogP contribution in [0.5, 0.6) is 5.75 Å². The van der Waals surface area contributed by atoms with Gasteiger partial charge in [-0.2, -0.15) is 5.10 Å². The highest BCUT2D eigenvalue weighted by atomic mass is 16.5. The lowest BCUT2D eigenvalue weighted by Crippen LogP contribution is -2.22. The molecular formula is C28H30N6O. The smallest absolute Gasteiger partial charge is 0.158 e. The van der Waals surface area contributed by atoms with Crippen molar-refractivity contribution in [3.8, 4) is 28.4 Å². The number of nitrogens with zero attached hydrogens (tertiary/aromatic N) is 4. The zero-order chi connectivity index (χ0) is 24.4. The molecule has 0 aliphatic carbocycles. The number of H-pyrrole nitrogens is 1. The van der Waals surface area contributed by atoms with Crippen molar-refractivity contribution in [2.45, 2.75) is 39.9 Å². The molecule has 178 valence electrons. The van der Waals surface area contributed by atoms with E-state index in [0.717, 1.165) is 51.4 Å². The average molecular weight is 467 g/mol. The van der Waals surface area contributed by atoms with E-state index < -0.39 is 0 Å². The Balaban J connectivity index is 1.58. The maximum absolute atomic E-state index is 5.30. The fourth-order valence-electron chi connectivity index (χ4n) is 4.29. The second-order valence-corrected chi connectivity index (χ2v) is 9.03. The van der Waals surface area contributed by atoms with Crippen LogP contribution in [0.1, 0.15) is 30.5 Å². The minimum Gasteiger partial charge on any atom is -0.497 e. The van der Waals surface area contributed by atoms with Crippen LogP contribution in [0.2, 0.25) is 0 Å². The summed E-state index contributed by atoms with van der Waals surface area (Å²) in [6.07, 6.45) is 7.48. The number of hydrogen-bond acceptors (Lipinski definition) is 5. The van der Waals surface area contributed by atoms with Crippen LogP contribution < -0.4 is 10.1 Å². The molecule has 0 fully saturated rings. The molecule has 0 radical (unpaired) electrons. The van der Waals surface area contributed by atoms with Crippen LogP contribution in [-0.2, 0) is 13.1 Å². The number of imidazole rings is 1. The average Bonchev–Trinajstić information content (AvgIpc) is 3.52. The number of rotatable bonds is 8. The molecule has 5 aromatic rings. The van der Waals surface area contributed by atoms with Crippen molar-refractivity contribution in [3.05, 3.63) is 83.9 Å². The SMILES string of the molecule is COc1ccc(Cn2nc(-c3ncc[nH]3)c3cc(-c4cncc(CNC(C)C)c4C)ccc32)cc1. The number of pyridine rings is 1. The second-order valence-electron chi connectivity index (χ2n) is 9.03. The molecule has 0 atom stereocenters. The zero-order valence-corrected chi connectivity index (χ0v) is 20.5. The molecule has 2 aromatic carbocycles. The van der Waals surface area contributed by atoms with Gasteiger partial charge >= 0.3 is 0 Å². The van der Waals surface area contributed by atoms with E-state index in [4.69, 9.17) is 9.84 Å². The van der Waals surface area contributed by atoms with Gasteiger partial charge in [-0.15, -0.1) is 0 Å². The summed E-state index contributed by atoms with van der Waals surface area (Å²) in [6, 6.07) is 15.0.